The molecule has 4 heteroatoms. The van der Waals surface area contributed by atoms with Gasteiger partial charge >= 0.3 is 0 Å². The van der Waals surface area contributed by atoms with Crippen molar-refractivity contribution in [2.75, 3.05) is 6.16 Å². The van der Waals surface area contributed by atoms with Crippen LogP contribution in [0.5, 0.6) is 0 Å². The smallest absolute Gasteiger partial charge is 0 e. The van der Waals surface area contributed by atoms with Crippen LogP contribution in [0.3, 0.4) is 0 Å². The number of allylic oxidation sites excluding steroid dienone is 1. The molecule has 0 spiro atoms. The molecule has 0 N–H and O–H groups in total. The molecule has 0 amide bonds. The molecule has 0 aliphatic carbocycles. The van der Waals surface area contributed by atoms with E-state index >= 15 is 0 Å². The van der Waals surface area contributed by atoms with Gasteiger partial charge < -0.3 is 6.58 Å². The zero-order chi connectivity index (χ0) is 5.41. The van der Waals surface area contributed by atoms with E-state index in [0.29, 0.717) is 0 Å². The van der Waals surface area contributed by atoms with Crippen LogP contribution in [0.15, 0.2) is 19.2 Å². The van der Waals surface area contributed by atoms with Gasteiger partial charge in [0.25, 0.3) is 0 Å². The van der Waals surface area contributed by atoms with E-state index in [1.54, 1.807) is 0 Å². The summed E-state index contributed by atoms with van der Waals surface area (Å²) >= 11 is 0. The standard InChI is InChI=1S/C3H7P.C2H3.H3P.2Y/c1-2-3-4;1-2;;;/h2H,1,3-4H2;1H,2H2;1H3;;/q;-1;;;. The SMILES string of the molecule is C=CCP.P.[CH-]=C.[Y].[Y]. The third-order valence-electron chi connectivity index (χ3n) is 0.167. The van der Waals surface area contributed by atoms with Gasteiger partial charge in [-0.3, -0.25) is 6.58 Å². The summed E-state index contributed by atoms with van der Waals surface area (Å²) in [5.41, 5.74) is 0. The Hall–Kier alpha value is 2.55. The molecule has 0 aliphatic rings. The molecular weight excluding hydrogens is 300 g/mol. The Morgan fingerprint density at radius 2 is 1.44 bits per heavy atom. The molecule has 2 atom stereocenters. The van der Waals surface area contributed by atoms with E-state index in [-0.39, 0.29) is 75.3 Å². The van der Waals surface area contributed by atoms with E-state index in [4.69, 9.17) is 0 Å². The van der Waals surface area contributed by atoms with Crippen LogP contribution in [0.1, 0.15) is 0 Å². The van der Waals surface area contributed by atoms with E-state index in [2.05, 4.69) is 29.0 Å². The maximum absolute atomic E-state index is 4.25. The van der Waals surface area contributed by atoms with Crippen molar-refractivity contribution in [3.63, 3.8) is 0 Å². The van der Waals surface area contributed by atoms with Crippen LogP contribution >= 0.6 is 19.1 Å². The van der Waals surface area contributed by atoms with Crippen LogP contribution in [-0.4, -0.2) is 6.16 Å². The van der Waals surface area contributed by atoms with Crippen molar-refractivity contribution in [3.05, 3.63) is 25.8 Å². The van der Waals surface area contributed by atoms with Gasteiger partial charge in [0.15, 0.2) is 0 Å². The normalized spacial score (nSPS) is 3.22. The van der Waals surface area contributed by atoms with Gasteiger partial charge in [0.05, 0.1) is 0 Å². The van der Waals surface area contributed by atoms with Gasteiger partial charge in [-0.15, -0.1) is 15.8 Å². The first-order valence-corrected chi connectivity index (χ1v) is 2.45. The molecule has 0 aliphatic heterocycles. The fourth-order valence-corrected chi connectivity index (χ4v) is 0. The number of hydrogen-bond donors (Lipinski definition) is 0. The van der Waals surface area contributed by atoms with Crippen LogP contribution in [0, 0.1) is 6.58 Å². The van der Waals surface area contributed by atoms with Crippen molar-refractivity contribution in [3.8, 4) is 0 Å². The second kappa shape index (κ2) is 46.5. The van der Waals surface area contributed by atoms with Crippen molar-refractivity contribution < 1.29 is 65.4 Å². The van der Waals surface area contributed by atoms with Gasteiger partial charge in [-0.2, -0.15) is 9.90 Å². The molecule has 0 aromatic heterocycles. The molecule has 0 bridgehead atoms. The summed E-state index contributed by atoms with van der Waals surface area (Å²) in [5.74, 6) is 0. The molecule has 0 aromatic rings. The average Bonchev–Trinajstić information content (AvgIpc) is 1.72. The van der Waals surface area contributed by atoms with E-state index in [9.17, 15) is 0 Å². The van der Waals surface area contributed by atoms with Crippen molar-refractivity contribution in [1.29, 1.82) is 0 Å². The molecule has 9 heavy (non-hydrogen) atoms. The summed E-state index contributed by atoms with van der Waals surface area (Å²) in [4.78, 5) is 0. The summed E-state index contributed by atoms with van der Waals surface area (Å²) < 4.78 is 0. The fraction of sp³-hybridized carbons (Fsp3) is 0.200. The van der Waals surface area contributed by atoms with Gasteiger partial charge in [0.2, 0.25) is 0 Å². The minimum Gasteiger partial charge on any atom is -0.521 e. The van der Waals surface area contributed by atoms with Crippen LogP contribution in [0.2, 0.25) is 0 Å². The first-order chi connectivity index (χ1) is 2.91. The predicted molar refractivity (Wildman–Crippen MR) is 45.8 cm³/mol. The minimum absolute atomic E-state index is 0. The van der Waals surface area contributed by atoms with E-state index in [0.717, 1.165) is 6.16 Å². The molecule has 0 aromatic carbocycles. The fourth-order valence-electron chi connectivity index (χ4n) is 0. The third kappa shape index (κ3) is 61.2. The van der Waals surface area contributed by atoms with Gasteiger partial charge in [-0.25, -0.2) is 0 Å². The molecule has 0 saturated heterocycles. The van der Waals surface area contributed by atoms with Crippen LogP contribution < -0.4 is 0 Å². The van der Waals surface area contributed by atoms with Gasteiger partial charge in [-0.05, 0) is 6.16 Å². The number of hydrogen-bond acceptors (Lipinski definition) is 0. The second-order valence-electron chi connectivity index (χ2n) is 0.524. The second-order valence-corrected chi connectivity index (χ2v) is 0.996. The maximum atomic E-state index is 4.25. The Morgan fingerprint density at radius 1 is 1.33 bits per heavy atom. The van der Waals surface area contributed by atoms with Gasteiger partial charge in [0, 0.05) is 65.4 Å². The van der Waals surface area contributed by atoms with Crippen molar-refractivity contribution in [2.24, 2.45) is 0 Å². The molecule has 0 fully saturated rings. The first-order valence-electron chi connectivity index (χ1n) is 1.63. The van der Waals surface area contributed by atoms with Gasteiger partial charge in [-0.1, -0.05) is 6.08 Å². The minimum atomic E-state index is 0. The number of rotatable bonds is 1. The first kappa shape index (κ1) is 30.0. The zero-order valence-corrected chi connectivity index (χ0v) is 14.0. The van der Waals surface area contributed by atoms with Crippen LogP contribution in [0.25, 0.3) is 0 Å². The molecule has 0 nitrogen and oxygen atoms in total. The Morgan fingerprint density at radius 3 is 1.44 bits per heavy atom. The molecule has 0 rings (SSSR count). The summed E-state index contributed by atoms with van der Waals surface area (Å²) in [7, 11) is 2.54. The maximum Gasteiger partial charge on any atom is 0 e. The summed E-state index contributed by atoms with van der Waals surface area (Å²) in [6.45, 7) is 10.5. The molecule has 0 heterocycles. The molecule has 50 valence electrons. The van der Waals surface area contributed by atoms with E-state index in [1.807, 2.05) is 6.08 Å². The van der Waals surface area contributed by atoms with Gasteiger partial charge in [0.1, 0.15) is 0 Å². The quantitative estimate of drug-likeness (QED) is 0.393. The Kier molecular flexibility index (Phi) is 155. The Bertz CT molecular complexity index is 34.1. The largest absolute Gasteiger partial charge is 0.521 e. The molecule has 0 saturated carbocycles. The summed E-state index contributed by atoms with van der Waals surface area (Å²) in [6, 6.07) is 0. The molecule has 2 radical (unpaired) electrons. The van der Waals surface area contributed by atoms with Crippen LogP contribution in [0.4, 0.5) is 0 Å². The topological polar surface area (TPSA) is 0 Å². The third-order valence-corrected chi connectivity index (χ3v) is 0.500. The molecular formula is C5H13P2Y2-. The van der Waals surface area contributed by atoms with Crippen molar-refractivity contribution in [2.45, 2.75) is 0 Å². The summed E-state index contributed by atoms with van der Waals surface area (Å²) in [6.07, 6.45) is 2.84. The molecule has 2 unspecified atom stereocenters. The average molecular weight is 313 g/mol. The van der Waals surface area contributed by atoms with Crippen LogP contribution in [-0.2, 0) is 65.4 Å². The monoisotopic (exact) mass is 313 g/mol. The van der Waals surface area contributed by atoms with E-state index in [1.165, 1.54) is 0 Å². The van der Waals surface area contributed by atoms with Crippen molar-refractivity contribution in [1.82, 2.24) is 0 Å². The Labute approximate surface area is 115 Å². The van der Waals surface area contributed by atoms with E-state index < -0.39 is 0 Å². The van der Waals surface area contributed by atoms with Crippen molar-refractivity contribution >= 4 is 19.1 Å². The predicted octanol–water partition coefficient (Wildman–Crippen LogP) is 1.71. The Balaban J connectivity index is -0.00000000990. The zero-order valence-electron chi connectivity index (χ0n) is 5.72. The summed E-state index contributed by atoms with van der Waals surface area (Å²) in [5, 5.41) is 0.